The molecule has 3 nitrogen and oxygen atoms in total. The molecule has 0 radical (unpaired) electrons. The van der Waals surface area contributed by atoms with Gasteiger partial charge in [-0.1, -0.05) is 32.0 Å². The number of nitriles is 1. The van der Waals surface area contributed by atoms with E-state index in [0.717, 1.165) is 24.2 Å². The van der Waals surface area contributed by atoms with E-state index >= 15 is 0 Å². The van der Waals surface area contributed by atoms with Crippen molar-refractivity contribution in [1.29, 1.82) is 5.26 Å². The molecule has 0 N–H and O–H groups in total. The summed E-state index contributed by atoms with van der Waals surface area (Å²) in [5, 5.41) is 9.44. The van der Waals surface area contributed by atoms with Gasteiger partial charge in [0.1, 0.15) is 11.6 Å². The second-order valence-electron chi connectivity index (χ2n) is 6.93. The number of carbonyl (C=O) groups is 1. The minimum Gasteiger partial charge on any atom is -0.340 e. The summed E-state index contributed by atoms with van der Waals surface area (Å²) < 4.78 is 0. The van der Waals surface area contributed by atoms with Gasteiger partial charge in [-0.25, -0.2) is 0 Å². The van der Waals surface area contributed by atoms with Crippen LogP contribution in [-0.4, -0.2) is 11.8 Å². The highest BCUT2D eigenvalue weighted by molar-refractivity contribution is 6.02. The summed E-state index contributed by atoms with van der Waals surface area (Å²) in [5.41, 5.74) is 3.64. The number of allylic oxidation sites excluding steroid dienone is 2. The van der Waals surface area contributed by atoms with Crippen LogP contribution >= 0.6 is 0 Å². The molecule has 2 aliphatic rings. The minimum absolute atomic E-state index is 0.0136. The molecular weight excluding hydrogens is 260 g/mol. The SMILES string of the molecule is CC1Cc2ccccc2N1C1=C(C#N)C(=O)CC(C)(C)C1. The minimum atomic E-state index is -0.0793. The Morgan fingerprint density at radius 3 is 2.71 bits per heavy atom. The zero-order valence-electron chi connectivity index (χ0n) is 12.8. The molecule has 0 spiro atoms. The molecule has 0 saturated carbocycles. The molecule has 1 aliphatic carbocycles. The van der Waals surface area contributed by atoms with Crippen molar-refractivity contribution >= 4 is 11.5 Å². The lowest BCUT2D eigenvalue weighted by molar-refractivity contribution is -0.117. The van der Waals surface area contributed by atoms with Gasteiger partial charge in [-0.05, 0) is 36.8 Å². The zero-order chi connectivity index (χ0) is 15.2. The van der Waals surface area contributed by atoms with Crippen LogP contribution in [0.15, 0.2) is 35.5 Å². The third kappa shape index (κ3) is 2.25. The molecule has 0 fully saturated rings. The smallest absolute Gasteiger partial charge is 0.175 e. The molecule has 1 aromatic rings. The predicted octanol–water partition coefficient (Wildman–Crippen LogP) is 3.60. The second kappa shape index (κ2) is 4.73. The summed E-state index contributed by atoms with van der Waals surface area (Å²) in [7, 11) is 0. The lowest BCUT2D eigenvalue weighted by Crippen LogP contribution is -2.36. The molecule has 1 heterocycles. The van der Waals surface area contributed by atoms with Gasteiger partial charge in [0.25, 0.3) is 0 Å². The Morgan fingerprint density at radius 2 is 2.00 bits per heavy atom. The maximum Gasteiger partial charge on any atom is 0.175 e. The lowest BCUT2D eigenvalue weighted by Gasteiger charge is -2.37. The Balaban J connectivity index is 2.14. The number of hydrogen-bond acceptors (Lipinski definition) is 3. The van der Waals surface area contributed by atoms with Crippen LogP contribution in [0.3, 0.4) is 0 Å². The van der Waals surface area contributed by atoms with Crippen LogP contribution in [0.25, 0.3) is 0 Å². The van der Waals surface area contributed by atoms with Gasteiger partial charge >= 0.3 is 0 Å². The summed E-state index contributed by atoms with van der Waals surface area (Å²) in [5.74, 6) is -0.0136. The molecule has 0 aromatic heterocycles. The number of hydrogen-bond donors (Lipinski definition) is 0. The van der Waals surface area contributed by atoms with Gasteiger partial charge in [-0.15, -0.1) is 0 Å². The first-order valence-electron chi connectivity index (χ1n) is 7.46. The lowest BCUT2D eigenvalue weighted by atomic mass is 9.75. The third-order valence-electron chi connectivity index (χ3n) is 4.46. The standard InChI is InChI=1S/C18H20N2O/c1-12-8-13-6-4-5-7-15(13)20(12)16-9-18(2,3)10-17(21)14(16)11-19/h4-7,12H,8-10H2,1-3H3. The first kappa shape index (κ1) is 13.9. The molecule has 3 rings (SSSR count). The highest BCUT2D eigenvalue weighted by atomic mass is 16.1. The molecule has 1 unspecified atom stereocenters. The van der Waals surface area contributed by atoms with Crippen LogP contribution in [0, 0.1) is 16.7 Å². The zero-order valence-corrected chi connectivity index (χ0v) is 12.8. The van der Waals surface area contributed by atoms with Crippen LogP contribution in [0.1, 0.15) is 39.2 Å². The number of para-hydroxylation sites is 1. The molecular formula is C18H20N2O. The van der Waals surface area contributed by atoms with Crippen molar-refractivity contribution in [3.63, 3.8) is 0 Å². The number of Topliss-reactive ketones (excluding diaryl/α,β-unsaturated/α-hetero) is 1. The summed E-state index contributed by atoms with van der Waals surface area (Å²) in [6.45, 7) is 6.37. The number of benzene rings is 1. The van der Waals surface area contributed by atoms with Crippen molar-refractivity contribution in [3.05, 3.63) is 41.1 Å². The van der Waals surface area contributed by atoms with Gasteiger partial charge in [0.05, 0.1) is 0 Å². The Labute approximate surface area is 125 Å². The van der Waals surface area contributed by atoms with Crippen LogP contribution in [-0.2, 0) is 11.2 Å². The molecule has 21 heavy (non-hydrogen) atoms. The molecule has 1 atom stereocenters. The van der Waals surface area contributed by atoms with Crippen molar-refractivity contribution < 1.29 is 4.79 Å². The Morgan fingerprint density at radius 1 is 1.29 bits per heavy atom. The number of anilines is 1. The van der Waals surface area contributed by atoms with E-state index in [9.17, 15) is 10.1 Å². The number of carbonyl (C=O) groups excluding carboxylic acids is 1. The Hall–Kier alpha value is -2.08. The average Bonchev–Trinajstić information content (AvgIpc) is 2.72. The van der Waals surface area contributed by atoms with Crippen LogP contribution in [0.2, 0.25) is 0 Å². The number of rotatable bonds is 1. The van der Waals surface area contributed by atoms with Crippen molar-refractivity contribution in [2.75, 3.05) is 4.90 Å². The van der Waals surface area contributed by atoms with E-state index in [2.05, 4.69) is 43.9 Å². The molecule has 0 amide bonds. The van der Waals surface area contributed by atoms with E-state index in [1.165, 1.54) is 5.56 Å². The van der Waals surface area contributed by atoms with E-state index in [4.69, 9.17) is 0 Å². The van der Waals surface area contributed by atoms with Crippen LogP contribution in [0.5, 0.6) is 0 Å². The summed E-state index contributed by atoms with van der Waals surface area (Å²) >= 11 is 0. The average molecular weight is 280 g/mol. The van der Waals surface area contributed by atoms with Gasteiger partial charge < -0.3 is 4.90 Å². The third-order valence-corrected chi connectivity index (χ3v) is 4.46. The molecule has 108 valence electrons. The normalized spacial score (nSPS) is 24.0. The first-order valence-corrected chi connectivity index (χ1v) is 7.46. The van der Waals surface area contributed by atoms with Gasteiger partial charge in [0, 0.05) is 23.8 Å². The highest BCUT2D eigenvalue weighted by Crippen LogP contribution is 2.43. The molecule has 1 aromatic carbocycles. The van der Waals surface area contributed by atoms with Gasteiger partial charge in [0.2, 0.25) is 0 Å². The first-order chi connectivity index (χ1) is 9.93. The van der Waals surface area contributed by atoms with Gasteiger partial charge in [-0.3, -0.25) is 4.79 Å². The summed E-state index contributed by atoms with van der Waals surface area (Å²) in [6.07, 6.45) is 2.20. The second-order valence-corrected chi connectivity index (χ2v) is 6.93. The molecule has 3 heteroatoms. The van der Waals surface area contributed by atoms with Crippen molar-refractivity contribution in [1.82, 2.24) is 0 Å². The van der Waals surface area contributed by atoms with Crippen LogP contribution in [0.4, 0.5) is 5.69 Å². The van der Waals surface area contributed by atoms with Crippen molar-refractivity contribution in [2.45, 2.75) is 46.1 Å². The summed E-state index contributed by atoms with van der Waals surface area (Å²) in [4.78, 5) is 14.5. The van der Waals surface area contributed by atoms with E-state index in [0.29, 0.717) is 18.0 Å². The highest BCUT2D eigenvalue weighted by Gasteiger charge is 2.39. The van der Waals surface area contributed by atoms with E-state index in [1.807, 2.05) is 12.1 Å². The fourth-order valence-electron chi connectivity index (χ4n) is 3.60. The number of nitrogens with zero attached hydrogens (tertiary/aromatic N) is 2. The number of ketones is 1. The maximum absolute atomic E-state index is 12.3. The van der Waals surface area contributed by atoms with Gasteiger partial charge in [-0.2, -0.15) is 5.26 Å². The monoisotopic (exact) mass is 280 g/mol. The molecule has 0 bridgehead atoms. The van der Waals surface area contributed by atoms with Gasteiger partial charge in [0.15, 0.2) is 5.78 Å². The van der Waals surface area contributed by atoms with Crippen LogP contribution < -0.4 is 4.90 Å². The molecule has 1 aliphatic heterocycles. The summed E-state index contributed by atoms with van der Waals surface area (Å²) in [6, 6.07) is 10.7. The fraction of sp³-hybridized carbons (Fsp3) is 0.444. The Bertz CT molecular complexity index is 679. The van der Waals surface area contributed by atoms with E-state index in [1.54, 1.807) is 0 Å². The van der Waals surface area contributed by atoms with Crippen molar-refractivity contribution in [2.24, 2.45) is 5.41 Å². The van der Waals surface area contributed by atoms with Crippen molar-refractivity contribution in [3.8, 4) is 6.07 Å². The van der Waals surface area contributed by atoms with E-state index < -0.39 is 0 Å². The number of fused-ring (bicyclic) bond motifs is 1. The molecule has 0 saturated heterocycles. The topological polar surface area (TPSA) is 44.1 Å². The maximum atomic E-state index is 12.3. The fourth-order valence-corrected chi connectivity index (χ4v) is 3.60. The predicted molar refractivity (Wildman–Crippen MR) is 82.7 cm³/mol. The van der Waals surface area contributed by atoms with E-state index in [-0.39, 0.29) is 11.2 Å². The Kier molecular flexibility index (Phi) is 3.13. The quantitative estimate of drug-likeness (QED) is 0.789. The largest absolute Gasteiger partial charge is 0.340 e.